The van der Waals surface area contributed by atoms with E-state index in [0.717, 1.165) is 6.42 Å². The Balaban J connectivity index is 1.85. The van der Waals surface area contributed by atoms with Gasteiger partial charge < -0.3 is 20.1 Å². The van der Waals surface area contributed by atoms with Crippen LogP contribution in [-0.2, 0) is 9.53 Å². The lowest BCUT2D eigenvalue weighted by Gasteiger charge is -2.19. The minimum atomic E-state index is -0.947. The summed E-state index contributed by atoms with van der Waals surface area (Å²) in [6, 6.07) is 8.80. The first-order valence-corrected chi connectivity index (χ1v) is 10.4. The van der Waals surface area contributed by atoms with Crippen LogP contribution in [0.4, 0.5) is 0 Å². The van der Waals surface area contributed by atoms with E-state index in [2.05, 4.69) is 4.74 Å². The molecule has 1 saturated carbocycles. The van der Waals surface area contributed by atoms with Crippen molar-refractivity contribution in [1.82, 2.24) is 0 Å². The maximum atomic E-state index is 12.2. The number of allylic oxidation sites excluding steroid dienone is 2. The third-order valence-electron chi connectivity index (χ3n) is 5.52. The van der Waals surface area contributed by atoms with Gasteiger partial charge in [-0.05, 0) is 25.2 Å². The zero-order valence-corrected chi connectivity index (χ0v) is 17.4. The molecule has 2 rings (SSSR count). The normalized spacial score (nSPS) is 25.1. The molecule has 3 unspecified atom stereocenters. The average molecular weight is 417 g/mol. The zero-order chi connectivity index (χ0) is 21.9. The van der Waals surface area contributed by atoms with Gasteiger partial charge in [-0.2, -0.15) is 0 Å². The van der Waals surface area contributed by atoms with Gasteiger partial charge in [0.2, 0.25) is 0 Å². The van der Waals surface area contributed by atoms with E-state index in [1.807, 2.05) is 18.2 Å². The highest BCUT2D eigenvalue weighted by molar-refractivity contribution is 5.96. The first kappa shape index (κ1) is 24.0. The van der Waals surface area contributed by atoms with E-state index in [1.54, 1.807) is 36.4 Å². The molecular formula is C24H32O6. The molecule has 0 amide bonds. The van der Waals surface area contributed by atoms with Gasteiger partial charge in [0.05, 0.1) is 25.4 Å². The SMILES string of the molecule is COC(=O)CCC/C=C\CC1C(O)CC(O)[C@@H]1/C=C/[C@@H](O)CC(=O)c1ccccc1. The summed E-state index contributed by atoms with van der Waals surface area (Å²) < 4.78 is 4.60. The topological polar surface area (TPSA) is 104 Å². The summed E-state index contributed by atoms with van der Waals surface area (Å²) in [5.74, 6) is -0.829. The average Bonchev–Trinajstić information content (AvgIpc) is 3.01. The fourth-order valence-corrected chi connectivity index (χ4v) is 3.80. The third kappa shape index (κ3) is 7.52. The van der Waals surface area contributed by atoms with Crippen molar-refractivity contribution in [1.29, 1.82) is 0 Å². The van der Waals surface area contributed by atoms with E-state index in [4.69, 9.17) is 0 Å². The monoisotopic (exact) mass is 416 g/mol. The van der Waals surface area contributed by atoms with Crippen molar-refractivity contribution in [2.75, 3.05) is 7.11 Å². The molecule has 0 saturated heterocycles. The van der Waals surface area contributed by atoms with Crippen LogP contribution in [0.5, 0.6) is 0 Å². The van der Waals surface area contributed by atoms with Gasteiger partial charge in [0.15, 0.2) is 5.78 Å². The number of benzene rings is 1. The molecule has 0 radical (unpaired) electrons. The molecule has 1 aliphatic carbocycles. The van der Waals surface area contributed by atoms with Crippen molar-refractivity contribution in [3.05, 3.63) is 60.2 Å². The number of carbonyl (C=O) groups excluding carboxylic acids is 2. The van der Waals surface area contributed by atoms with Crippen LogP contribution in [0.1, 0.15) is 48.9 Å². The van der Waals surface area contributed by atoms with Crippen LogP contribution < -0.4 is 0 Å². The Morgan fingerprint density at radius 3 is 2.60 bits per heavy atom. The standard InChI is InChI=1S/C24H32O6/c1-30-24(29)12-8-3-2-7-11-19-20(23(28)16-22(19)27)14-13-18(25)15-21(26)17-9-5-4-6-10-17/h2,4-7,9-10,13-14,18-20,22-23,25,27-28H,3,8,11-12,15-16H2,1H3/b7-2-,14-13+/t18-,19?,20-,22?,23?/m1/s1. The van der Waals surface area contributed by atoms with Gasteiger partial charge >= 0.3 is 5.97 Å². The summed E-state index contributed by atoms with van der Waals surface area (Å²) in [5, 5.41) is 30.8. The van der Waals surface area contributed by atoms with E-state index < -0.39 is 18.3 Å². The highest BCUT2D eigenvalue weighted by atomic mass is 16.5. The molecule has 6 heteroatoms. The van der Waals surface area contributed by atoms with Crippen molar-refractivity contribution in [3.63, 3.8) is 0 Å². The first-order chi connectivity index (χ1) is 14.4. The summed E-state index contributed by atoms with van der Waals surface area (Å²) in [5.41, 5.74) is 0.552. The van der Waals surface area contributed by atoms with Crippen molar-refractivity contribution in [2.24, 2.45) is 11.8 Å². The molecule has 0 bridgehead atoms. The van der Waals surface area contributed by atoms with Gasteiger partial charge in [-0.15, -0.1) is 0 Å². The van der Waals surface area contributed by atoms with Crippen LogP contribution in [0.3, 0.4) is 0 Å². The molecule has 0 aromatic heterocycles. The summed E-state index contributed by atoms with van der Waals surface area (Å²) in [6.45, 7) is 0. The number of methoxy groups -OCH3 is 1. The Bertz CT molecular complexity index is 726. The van der Waals surface area contributed by atoms with Crippen LogP contribution in [0.15, 0.2) is 54.6 Å². The predicted molar refractivity (Wildman–Crippen MR) is 114 cm³/mol. The Labute approximate surface area is 177 Å². The minimum absolute atomic E-state index is 0.0311. The summed E-state index contributed by atoms with van der Waals surface area (Å²) in [4.78, 5) is 23.3. The number of esters is 1. The summed E-state index contributed by atoms with van der Waals surface area (Å²) in [6.07, 6.45) is 7.58. The third-order valence-corrected chi connectivity index (χ3v) is 5.52. The smallest absolute Gasteiger partial charge is 0.305 e. The molecule has 6 nitrogen and oxygen atoms in total. The van der Waals surface area contributed by atoms with Gasteiger partial charge in [-0.25, -0.2) is 0 Å². The summed E-state index contributed by atoms with van der Waals surface area (Å²) >= 11 is 0. The Morgan fingerprint density at radius 2 is 1.90 bits per heavy atom. The second kappa shape index (κ2) is 12.4. The van der Waals surface area contributed by atoms with E-state index in [0.29, 0.717) is 24.8 Å². The van der Waals surface area contributed by atoms with Crippen LogP contribution in [0.2, 0.25) is 0 Å². The molecule has 5 atom stereocenters. The van der Waals surface area contributed by atoms with Gasteiger partial charge in [0.25, 0.3) is 0 Å². The van der Waals surface area contributed by atoms with Crippen molar-refractivity contribution in [2.45, 2.75) is 56.8 Å². The van der Waals surface area contributed by atoms with Crippen LogP contribution in [-0.4, -0.2) is 52.5 Å². The van der Waals surface area contributed by atoms with Gasteiger partial charge in [0.1, 0.15) is 0 Å². The second-order valence-corrected chi connectivity index (χ2v) is 7.73. The molecular weight excluding hydrogens is 384 g/mol. The molecule has 164 valence electrons. The highest BCUT2D eigenvalue weighted by Gasteiger charge is 2.39. The van der Waals surface area contributed by atoms with Crippen molar-refractivity contribution in [3.8, 4) is 0 Å². The second-order valence-electron chi connectivity index (χ2n) is 7.73. The highest BCUT2D eigenvalue weighted by Crippen LogP contribution is 2.36. The number of aliphatic hydroxyl groups excluding tert-OH is 3. The number of Topliss-reactive ketones (excluding diaryl/α,β-unsaturated/α-hetero) is 1. The van der Waals surface area contributed by atoms with Crippen LogP contribution >= 0.6 is 0 Å². The van der Waals surface area contributed by atoms with Crippen LogP contribution in [0, 0.1) is 11.8 Å². The number of carbonyl (C=O) groups is 2. The van der Waals surface area contributed by atoms with Gasteiger partial charge in [-0.3, -0.25) is 9.59 Å². The lowest BCUT2D eigenvalue weighted by Crippen LogP contribution is -2.20. The predicted octanol–water partition coefficient (Wildman–Crippen LogP) is 2.82. The fourth-order valence-electron chi connectivity index (χ4n) is 3.80. The number of unbranched alkanes of at least 4 members (excludes halogenated alkanes) is 1. The number of hydrogen-bond acceptors (Lipinski definition) is 6. The van der Waals surface area contributed by atoms with E-state index in [9.17, 15) is 24.9 Å². The fraction of sp³-hybridized carbons (Fsp3) is 0.500. The number of hydrogen-bond donors (Lipinski definition) is 3. The maximum absolute atomic E-state index is 12.2. The molecule has 0 spiro atoms. The van der Waals surface area contributed by atoms with Gasteiger partial charge in [0, 0.05) is 30.7 Å². The molecule has 1 aromatic carbocycles. The molecule has 1 aliphatic rings. The minimum Gasteiger partial charge on any atom is -0.469 e. The molecule has 1 aromatic rings. The summed E-state index contributed by atoms with van der Waals surface area (Å²) in [7, 11) is 1.37. The Kier molecular flexibility index (Phi) is 9.94. The largest absolute Gasteiger partial charge is 0.469 e. The molecule has 0 heterocycles. The zero-order valence-electron chi connectivity index (χ0n) is 17.4. The Morgan fingerprint density at radius 1 is 1.17 bits per heavy atom. The van der Waals surface area contributed by atoms with E-state index >= 15 is 0 Å². The molecule has 3 N–H and O–H groups in total. The van der Waals surface area contributed by atoms with E-state index in [-0.39, 0.29) is 36.4 Å². The number of ketones is 1. The van der Waals surface area contributed by atoms with Crippen molar-refractivity contribution < 1.29 is 29.6 Å². The lowest BCUT2D eigenvalue weighted by atomic mass is 9.89. The molecule has 0 aliphatic heterocycles. The molecule has 30 heavy (non-hydrogen) atoms. The van der Waals surface area contributed by atoms with Crippen molar-refractivity contribution >= 4 is 11.8 Å². The maximum Gasteiger partial charge on any atom is 0.305 e. The quantitative estimate of drug-likeness (QED) is 0.222. The van der Waals surface area contributed by atoms with Crippen LogP contribution in [0.25, 0.3) is 0 Å². The van der Waals surface area contributed by atoms with E-state index in [1.165, 1.54) is 7.11 Å². The molecule has 1 fully saturated rings. The number of rotatable bonds is 11. The Hall–Kier alpha value is -2.28. The lowest BCUT2D eigenvalue weighted by molar-refractivity contribution is -0.140. The van der Waals surface area contributed by atoms with Gasteiger partial charge in [-0.1, -0.05) is 54.6 Å². The first-order valence-electron chi connectivity index (χ1n) is 10.4. The number of ether oxygens (including phenoxy) is 1. The number of aliphatic hydroxyl groups is 3.